The number of nitrogens with zero attached hydrogens (tertiary/aromatic N) is 4. The minimum atomic E-state index is -3.23. The number of ether oxygens (including phenoxy) is 2. The van der Waals surface area contributed by atoms with Gasteiger partial charge in [0.2, 0.25) is 5.91 Å². The molecule has 0 N–H and O–H groups in total. The Bertz CT molecular complexity index is 1990. The third-order valence-corrected chi connectivity index (χ3v) is 13.3. The zero-order valence-electron chi connectivity index (χ0n) is 27.1. The van der Waals surface area contributed by atoms with Crippen LogP contribution in [-0.4, -0.2) is 48.2 Å². The Morgan fingerprint density at radius 3 is 1.84 bits per heavy atom. The molecule has 1 fully saturated rings. The second kappa shape index (κ2) is 14.6. The van der Waals surface area contributed by atoms with E-state index < -0.39 is 47.1 Å². The summed E-state index contributed by atoms with van der Waals surface area (Å²) < 4.78 is 13.3. The summed E-state index contributed by atoms with van der Waals surface area (Å²) >= 11 is 4.94. The normalized spacial score (nSPS) is 16.2. The molecule has 0 aliphatic carbocycles. The van der Waals surface area contributed by atoms with Gasteiger partial charge in [-0.1, -0.05) is 91.0 Å². The van der Waals surface area contributed by atoms with Crippen molar-refractivity contribution in [3.8, 4) is 0 Å². The largest absolute Gasteiger partial charge is 0.457 e. The van der Waals surface area contributed by atoms with Gasteiger partial charge < -0.3 is 9.47 Å². The van der Waals surface area contributed by atoms with Gasteiger partial charge in [-0.2, -0.15) is 17.7 Å². The van der Waals surface area contributed by atoms with E-state index in [1.807, 2.05) is 91.0 Å². The van der Waals surface area contributed by atoms with E-state index in [-0.39, 0.29) is 17.7 Å². The topological polar surface area (TPSA) is 134 Å². The van der Waals surface area contributed by atoms with Gasteiger partial charge in [0.15, 0.2) is 0 Å². The summed E-state index contributed by atoms with van der Waals surface area (Å²) in [7, 11) is 1.71. The van der Waals surface area contributed by atoms with E-state index in [0.717, 1.165) is 15.9 Å². The molecule has 3 atom stereocenters. The molecule has 254 valence electrons. The Hall–Kier alpha value is -5.45. The van der Waals surface area contributed by atoms with Crippen LogP contribution in [-0.2, 0) is 37.5 Å². The first kappa shape index (κ1) is 34.4. The Labute approximate surface area is 294 Å². The predicted octanol–water partition coefficient (Wildman–Crippen LogP) is 4.51. The van der Waals surface area contributed by atoms with Gasteiger partial charge in [-0.3, -0.25) is 29.3 Å². The van der Waals surface area contributed by atoms with Crippen LogP contribution in [0.5, 0.6) is 0 Å². The summed E-state index contributed by atoms with van der Waals surface area (Å²) in [5.41, 5.74) is 1.03. The minimum absolute atomic E-state index is 0.0945. The number of non-ortho nitro benzene ring substituents is 1. The van der Waals surface area contributed by atoms with E-state index >= 15 is 0 Å². The molecule has 1 aliphatic heterocycles. The molecule has 2 heterocycles. The van der Waals surface area contributed by atoms with Gasteiger partial charge in [0.1, 0.15) is 24.0 Å². The van der Waals surface area contributed by atoms with E-state index in [1.54, 1.807) is 17.9 Å². The molecule has 0 spiro atoms. The van der Waals surface area contributed by atoms with Crippen molar-refractivity contribution in [3.05, 3.63) is 149 Å². The Balaban J connectivity index is 1.58. The number of rotatable bonds is 11. The van der Waals surface area contributed by atoms with Crippen LogP contribution in [0.25, 0.3) is 0 Å². The standard InChI is InChI=1S/C37H33N4O7PS/c1-25(42)48-33(27-22-38-39(2)23-27)32-34(43)40(36(32)50)35(37(44)47-24-26-18-20-28(21-19-26)41(45)46)49(29-12-6-3-7-13-29,30-14-8-4-9-15-30)31-16-10-5-11-17-31/h3-23,32-33,36,50H,24H2,1-2H3. The van der Waals surface area contributed by atoms with Crippen LogP contribution in [0.3, 0.4) is 0 Å². The number of esters is 2. The fraction of sp³-hybridized carbons (Fsp3) is 0.162. The van der Waals surface area contributed by atoms with Crippen molar-refractivity contribution >= 4 is 64.4 Å². The highest BCUT2D eigenvalue weighted by molar-refractivity contribution is 7.96. The number of nitro groups is 1. The van der Waals surface area contributed by atoms with Crippen LogP contribution in [0, 0.1) is 16.0 Å². The van der Waals surface area contributed by atoms with Gasteiger partial charge in [0, 0.05) is 44.8 Å². The number of amides is 1. The predicted molar refractivity (Wildman–Crippen MR) is 194 cm³/mol. The molecule has 50 heavy (non-hydrogen) atoms. The number of hydrogen-bond acceptors (Lipinski definition) is 9. The molecule has 4 aromatic carbocycles. The molecule has 1 aliphatic rings. The van der Waals surface area contributed by atoms with E-state index in [4.69, 9.17) is 22.1 Å². The molecule has 1 aromatic heterocycles. The van der Waals surface area contributed by atoms with Gasteiger partial charge in [0.05, 0.1) is 16.5 Å². The van der Waals surface area contributed by atoms with E-state index in [1.165, 1.54) is 42.3 Å². The van der Waals surface area contributed by atoms with Crippen LogP contribution >= 0.6 is 19.5 Å². The van der Waals surface area contributed by atoms with Crippen molar-refractivity contribution in [2.24, 2.45) is 13.0 Å². The zero-order chi connectivity index (χ0) is 35.4. The first-order chi connectivity index (χ1) is 24.1. The summed E-state index contributed by atoms with van der Waals surface area (Å²) in [6.45, 7) is -2.17. The number of thiol groups is 1. The third-order valence-electron chi connectivity index (χ3n) is 8.46. The van der Waals surface area contributed by atoms with Crippen molar-refractivity contribution in [2.75, 3.05) is 0 Å². The monoisotopic (exact) mass is 708 g/mol. The maximum absolute atomic E-state index is 14.8. The average molecular weight is 709 g/mol. The smallest absolute Gasteiger partial charge is 0.356 e. The molecule has 1 saturated heterocycles. The minimum Gasteiger partial charge on any atom is -0.457 e. The fourth-order valence-electron chi connectivity index (χ4n) is 6.22. The lowest BCUT2D eigenvalue weighted by molar-refractivity contribution is -0.384. The number of carbonyl (C=O) groups is 3. The zero-order valence-corrected chi connectivity index (χ0v) is 28.9. The average Bonchev–Trinajstić information content (AvgIpc) is 3.57. The molecule has 11 nitrogen and oxygen atoms in total. The maximum atomic E-state index is 14.8. The Kier molecular flexibility index (Phi) is 10.0. The van der Waals surface area contributed by atoms with Crippen LogP contribution < -0.4 is 15.9 Å². The van der Waals surface area contributed by atoms with Gasteiger partial charge in [-0.25, -0.2) is 4.79 Å². The quantitative estimate of drug-likeness (QED) is 0.0529. The third kappa shape index (κ3) is 6.47. The molecular weight excluding hydrogens is 675 g/mol. The Morgan fingerprint density at radius 2 is 1.42 bits per heavy atom. The summed E-state index contributed by atoms with van der Waals surface area (Å²) in [5, 5.41) is 16.9. The first-order valence-corrected chi connectivity index (χ1v) is 17.9. The molecule has 0 bridgehead atoms. The maximum Gasteiger partial charge on any atom is 0.356 e. The number of aryl methyl sites for hydroxylation is 1. The van der Waals surface area contributed by atoms with Crippen molar-refractivity contribution in [3.63, 3.8) is 0 Å². The van der Waals surface area contributed by atoms with Crippen LogP contribution in [0.1, 0.15) is 24.2 Å². The molecule has 0 saturated carbocycles. The summed E-state index contributed by atoms with van der Waals surface area (Å²) in [5.74, 6) is -2.77. The number of carbonyl (C=O) groups excluding carboxylic acids is 3. The first-order valence-electron chi connectivity index (χ1n) is 15.6. The van der Waals surface area contributed by atoms with E-state index in [2.05, 4.69) is 5.10 Å². The highest BCUT2D eigenvalue weighted by Gasteiger charge is 2.56. The number of nitro benzene ring substituents is 1. The van der Waals surface area contributed by atoms with Gasteiger partial charge in [-0.05, 0) is 33.6 Å². The summed E-state index contributed by atoms with van der Waals surface area (Å²) in [6, 6.07) is 34.3. The van der Waals surface area contributed by atoms with Crippen molar-refractivity contribution in [2.45, 2.75) is 25.0 Å². The molecular formula is C37H33N4O7PS. The van der Waals surface area contributed by atoms with Crippen molar-refractivity contribution < 1.29 is 28.8 Å². The van der Waals surface area contributed by atoms with Crippen molar-refractivity contribution in [1.29, 1.82) is 0 Å². The highest BCUT2D eigenvalue weighted by Crippen LogP contribution is 2.51. The van der Waals surface area contributed by atoms with E-state index in [9.17, 15) is 24.5 Å². The van der Waals surface area contributed by atoms with Crippen molar-refractivity contribution in [1.82, 2.24) is 14.7 Å². The fourth-order valence-corrected chi connectivity index (χ4v) is 11.2. The summed E-state index contributed by atoms with van der Waals surface area (Å²) in [4.78, 5) is 53.9. The summed E-state index contributed by atoms with van der Waals surface area (Å²) in [6.07, 6.45) is 2.19. The molecule has 13 heteroatoms. The number of aromatic nitrogens is 2. The molecule has 1 amide bonds. The van der Waals surface area contributed by atoms with Gasteiger partial charge in [-0.15, -0.1) is 0 Å². The second-order valence-electron chi connectivity index (χ2n) is 11.6. The lowest BCUT2D eigenvalue weighted by atomic mass is 9.88. The number of likely N-dealkylation sites (tertiary alicyclic amines) is 1. The van der Waals surface area contributed by atoms with Gasteiger partial charge >= 0.3 is 11.9 Å². The van der Waals surface area contributed by atoms with Crippen LogP contribution in [0.15, 0.2) is 128 Å². The van der Waals surface area contributed by atoms with Gasteiger partial charge in [0.25, 0.3) is 5.69 Å². The van der Waals surface area contributed by atoms with Crippen LogP contribution in [0.4, 0.5) is 5.69 Å². The number of hydrogen-bond donors (Lipinski definition) is 1. The lowest BCUT2D eigenvalue weighted by Gasteiger charge is -2.49. The molecule has 0 radical (unpaired) electrons. The SMILES string of the molecule is CC(=O)OC(c1cnn(C)c1)C1C(=O)N(C(C(=O)OCc2ccc([N+](=O)[O-])cc2)=P(c2ccccc2)(c2ccccc2)c2ccccc2)C1S. The lowest BCUT2D eigenvalue weighted by Crippen LogP contribution is -2.65. The van der Waals surface area contributed by atoms with E-state index in [0.29, 0.717) is 11.1 Å². The molecule has 6 rings (SSSR count). The Morgan fingerprint density at radius 1 is 0.900 bits per heavy atom. The number of benzene rings is 4. The molecule has 3 unspecified atom stereocenters. The highest BCUT2D eigenvalue weighted by atomic mass is 32.1. The second-order valence-corrected chi connectivity index (χ2v) is 15.5. The molecule has 5 aromatic rings. The van der Waals surface area contributed by atoms with Crippen LogP contribution in [0.2, 0.25) is 0 Å². The number of β-lactam (4-membered cyclic amide) rings is 1.